The van der Waals surface area contributed by atoms with Crippen LogP contribution in [0.15, 0.2) is 36.4 Å². The number of amides is 3. The smallest absolute Gasteiger partial charge is 0.261 e. The Kier molecular flexibility index (Phi) is 4.04. The third-order valence-corrected chi connectivity index (χ3v) is 3.86. The highest BCUT2D eigenvalue weighted by Gasteiger charge is 2.29. The van der Waals surface area contributed by atoms with Gasteiger partial charge in [0.15, 0.2) is 0 Å². The summed E-state index contributed by atoms with van der Waals surface area (Å²) in [6, 6.07) is 10.3. The van der Waals surface area contributed by atoms with Gasteiger partial charge in [0.05, 0.1) is 30.3 Å². The fourth-order valence-corrected chi connectivity index (χ4v) is 2.75. The van der Waals surface area contributed by atoms with Crippen LogP contribution in [-0.4, -0.2) is 24.8 Å². The molecule has 2 aromatic rings. The third-order valence-electron chi connectivity index (χ3n) is 3.86. The molecule has 0 aliphatic carbocycles. The molecule has 0 saturated carbocycles. The second-order valence-electron chi connectivity index (χ2n) is 5.54. The minimum atomic E-state index is -0.494. The number of fused-ring (bicyclic) bond motifs is 1. The van der Waals surface area contributed by atoms with Crippen molar-refractivity contribution in [3.8, 4) is 5.75 Å². The molecule has 24 heavy (non-hydrogen) atoms. The number of anilines is 1. The second-order valence-corrected chi connectivity index (χ2v) is 5.54. The summed E-state index contributed by atoms with van der Waals surface area (Å²) in [7, 11) is 1.59. The summed E-state index contributed by atoms with van der Waals surface area (Å²) in [5, 5.41) is 4.93. The first-order chi connectivity index (χ1) is 11.5. The van der Waals surface area contributed by atoms with Crippen LogP contribution in [0.5, 0.6) is 5.75 Å². The zero-order valence-corrected chi connectivity index (χ0v) is 13.3. The molecule has 6 heteroatoms. The maximum absolute atomic E-state index is 12.3. The third kappa shape index (κ3) is 2.86. The van der Waals surface area contributed by atoms with Gasteiger partial charge in [-0.1, -0.05) is 18.2 Å². The predicted molar refractivity (Wildman–Crippen MR) is 88.3 cm³/mol. The minimum Gasteiger partial charge on any atom is -0.496 e. The number of hydrogen-bond acceptors (Lipinski definition) is 4. The molecule has 3 amide bonds. The average molecular weight is 324 g/mol. The van der Waals surface area contributed by atoms with Crippen molar-refractivity contribution in [3.05, 3.63) is 58.7 Å². The number of benzene rings is 2. The standard InChI is InChI=1S/C18H16N2O4/c1-10-8-11(6-7-14(10)24-2)9-15(21)19-13-5-3-4-12-16(13)18(23)20-17(12)22/h3-8H,9H2,1-2H3,(H,19,21)(H,20,22,23). The number of methoxy groups -OCH3 is 1. The molecule has 1 aliphatic rings. The number of imide groups is 1. The van der Waals surface area contributed by atoms with Crippen LogP contribution in [0.4, 0.5) is 5.69 Å². The summed E-state index contributed by atoms with van der Waals surface area (Å²) in [6.07, 6.45) is 0.157. The average Bonchev–Trinajstić information content (AvgIpc) is 2.83. The molecule has 0 radical (unpaired) electrons. The Bertz CT molecular complexity index is 858. The lowest BCUT2D eigenvalue weighted by Gasteiger charge is -2.10. The summed E-state index contributed by atoms with van der Waals surface area (Å²) in [5.41, 5.74) is 2.60. The van der Waals surface area contributed by atoms with E-state index in [0.717, 1.165) is 16.9 Å². The Morgan fingerprint density at radius 2 is 1.96 bits per heavy atom. The molecule has 0 spiro atoms. The Hall–Kier alpha value is -3.15. The fraction of sp³-hybridized carbons (Fsp3) is 0.167. The van der Waals surface area contributed by atoms with E-state index in [1.54, 1.807) is 25.3 Å². The maximum atomic E-state index is 12.3. The zero-order valence-electron chi connectivity index (χ0n) is 13.3. The van der Waals surface area contributed by atoms with Crippen LogP contribution in [0, 0.1) is 6.92 Å². The summed E-state index contributed by atoms with van der Waals surface area (Å²) in [5.74, 6) is -0.446. The van der Waals surface area contributed by atoms with Gasteiger partial charge in [0.25, 0.3) is 11.8 Å². The Morgan fingerprint density at radius 1 is 1.17 bits per heavy atom. The number of ether oxygens (including phenoxy) is 1. The Balaban J connectivity index is 1.78. The van der Waals surface area contributed by atoms with E-state index in [4.69, 9.17) is 4.74 Å². The normalized spacial score (nSPS) is 12.6. The van der Waals surface area contributed by atoms with Gasteiger partial charge in [-0.15, -0.1) is 0 Å². The van der Waals surface area contributed by atoms with Crippen molar-refractivity contribution in [2.24, 2.45) is 0 Å². The molecule has 0 unspecified atom stereocenters. The summed E-state index contributed by atoms with van der Waals surface area (Å²) >= 11 is 0. The van der Waals surface area contributed by atoms with Crippen LogP contribution in [0.1, 0.15) is 31.8 Å². The molecule has 1 heterocycles. The van der Waals surface area contributed by atoms with Crippen molar-refractivity contribution in [2.75, 3.05) is 12.4 Å². The highest BCUT2D eigenvalue weighted by Crippen LogP contribution is 2.25. The van der Waals surface area contributed by atoms with Crippen LogP contribution in [0.2, 0.25) is 0 Å². The van der Waals surface area contributed by atoms with Crippen LogP contribution < -0.4 is 15.4 Å². The van der Waals surface area contributed by atoms with Crippen molar-refractivity contribution in [1.82, 2.24) is 5.32 Å². The number of rotatable bonds is 4. The lowest BCUT2D eigenvalue weighted by Crippen LogP contribution is -2.21. The number of carbonyl (C=O) groups excluding carboxylic acids is 3. The first-order valence-electron chi connectivity index (χ1n) is 7.41. The van der Waals surface area contributed by atoms with Crippen LogP contribution in [-0.2, 0) is 11.2 Å². The number of hydrogen-bond donors (Lipinski definition) is 2. The molecule has 0 fully saturated rings. The Labute approximate surface area is 138 Å². The predicted octanol–water partition coefficient (Wildman–Crippen LogP) is 2.07. The number of nitrogens with one attached hydrogen (secondary N) is 2. The monoisotopic (exact) mass is 324 g/mol. The highest BCUT2D eigenvalue weighted by molar-refractivity contribution is 6.24. The zero-order chi connectivity index (χ0) is 17.3. The largest absolute Gasteiger partial charge is 0.496 e. The van der Waals surface area contributed by atoms with Gasteiger partial charge in [-0.05, 0) is 36.2 Å². The van der Waals surface area contributed by atoms with Crippen LogP contribution in [0.25, 0.3) is 0 Å². The van der Waals surface area contributed by atoms with Gasteiger partial charge in [-0.2, -0.15) is 0 Å². The van der Waals surface area contributed by atoms with E-state index in [9.17, 15) is 14.4 Å². The van der Waals surface area contributed by atoms with Gasteiger partial charge in [-0.25, -0.2) is 0 Å². The van der Waals surface area contributed by atoms with E-state index in [2.05, 4.69) is 10.6 Å². The molecule has 0 aromatic heterocycles. The lowest BCUT2D eigenvalue weighted by atomic mass is 10.1. The number of carbonyl (C=O) groups is 3. The molecule has 2 aromatic carbocycles. The van der Waals surface area contributed by atoms with E-state index < -0.39 is 11.8 Å². The van der Waals surface area contributed by atoms with E-state index in [0.29, 0.717) is 5.69 Å². The van der Waals surface area contributed by atoms with Crippen molar-refractivity contribution < 1.29 is 19.1 Å². The molecule has 2 N–H and O–H groups in total. The molecule has 1 aliphatic heterocycles. The molecule has 0 atom stereocenters. The molecule has 122 valence electrons. The van der Waals surface area contributed by atoms with Gasteiger partial charge < -0.3 is 10.1 Å². The van der Waals surface area contributed by atoms with Crippen LogP contribution >= 0.6 is 0 Å². The van der Waals surface area contributed by atoms with E-state index in [1.165, 1.54) is 0 Å². The van der Waals surface area contributed by atoms with Gasteiger partial charge in [-0.3, -0.25) is 19.7 Å². The quantitative estimate of drug-likeness (QED) is 0.843. The van der Waals surface area contributed by atoms with Crippen LogP contribution in [0.3, 0.4) is 0 Å². The molecule has 6 nitrogen and oxygen atoms in total. The number of aryl methyl sites for hydroxylation is 1. The summed E-state index contributed by atoms with van der Waals surface area (Å²) in [4.78, 5) is 35.8. The first kappa shape index (κ1) is 15.7. The molecule has 0 saturated heterocycles. The van der Waals surface area contributed by atoms with Crippen molar-refractivity contribution in [2.45, 2.75) is 13.3 Å². The molecule has 3 rings (SSSR count). The topological polar surface area (TPSA) is 84.5 Å². The molecular formula is C18H16N2O4. The summed E-state index contributed by atoms with van der Waals surface area (Å²) < 4.78 is 5.20. The van der Waals surface area contributed by atoms with E-state index in [-0.39, 0.29) is 23.5 Å². The van der Waals surface area contributed by atoms with E-state index >= 15 is 0 Å². The van der Waals surface area contributed by atoms with Crippen molar-refractivity contribution >= 4 is 23.4 Å². The minimum absolute atomic E-state index is 0.157. The van der Waals surface area contributed by atoms with Gasteiger partial charge >= 0.3 is 0 Å². The Morgan fingerprint density at radius 3 is 2.67 bits per heavy atom. The second kappa shape index (κ2) is 6.16. The SMILES string of the molecule is COc1ccc(CC(=O)Nc2cccc3c2C(=O)NC3=O)cc1C. The lowest BCUT2D eigenvalue weighted by molar-refractivity contribution is -0.115. The maximum Gasteiger partial charge on any atom is 0.261 e. The van der Waals surface area contributed by atoms with E-state index in [1.807, 2.05) is 25.1 Å². The van der Waals surface area contributed by atoms with Gasteiger partial charge in [0, 0.05) is 0 Å². The fourth-order valence-electron chi connectivity index (χ4n) is 2.75. The highest BCUT2D eigenvalue weighted by atomic mass is 16.5. The van der Waals surface area contributed by atoms with Gasteiger partial charge in [0.2, 0.25) is 5.91 Å². The van der Waals surface area contributed by atoms with Crippen molar-refractivity contribution in [1.29, 1.82) is 0 Å². The van der Waals surface area contributed by atoms with Gasteiger partial charge in [0.1, 0.15) is 5.75 Å². The molecular weight excluding hydrogens is 308 g/mol. The van der Waals surface area contributed by atoms with Crippen molar-refractivity contribution in [3.63, 3.8) is 0 Å². The summed E-state index contributed by atoms with van der Waals surface area (Å²) in [6.45, 7) is 1.90. The molecule has 0 bridgehead atoms. The first-order valence-corrected chi connectivity index (χ1v) is 7.41.